The lowest BCUT2D eigenvalue weighted by Gasteiger charge is -2.14. The van der Waals surface area contributed by atoms with E-state index in [1.54, 1.807) is 42.7 Å². The number of fused-ring (bicyclic) bond motifs is 5. The Labute approximate surface area is 209 Å². The standard InChI is InChI=1S/C28H17F3N2O3S/c29-28(30,31)37(34,35)36-21-13-19-9-11-23-22-10-8-18(20-7-4-12-32-16-20)14-25(22)33-27(23)26(19)24(15-21)17-5-2-1-3-6-17/h1-16,33H. The van der Waals surface area contributed by atoms with Gasteiger partial charge in [-0.15, -0.1) is 0 Å². The molecule has 0 saturated heterocycles. The molecule has 2 aromatic heterocycles. The summed E-state index contributed by atoms with van der Waals surface area (Å²) in [5.74, 6) is -0.419. The summed E-state index contributed by atoms with van der Waals surface area (Å²) < 4.78 is 67.0. The van der Waals surface area contributed by atoms with Crippen molar-refractivity contribution in [1.29, 1.82) is 0 Å². The largest absolute Gasteiger partial charge is 0.534 e. The maximum Gasteiger partial charge on any atom is 0.534 e. The molecule has 0 aliphatic heterocycles. The molecule has 4 aromatic carbocycles. The number of nitrogens with one attached hydrogen (secondary N) is 1. The van der Waals surface area contributed by atoms with Gasteiger partial charge in [-0.25, -0.2) is 0 Å². The zero-order valence-corrected chi connectivity index (χ0v) is 19.8. The van der Waals surface area contributed by atoms with Gasteiger partial charge in [0.25, 0.3) is 0 Å². The molecule has 0 radical (unpaired) electrons. The highest BCUT2D eigenvalue weighted by Crippen LogP contribution is 2.41. The van der Waals surface area contributed by atoms with Crippen molar-refractivity contribution in [2.75, 3.05) is 0 Å². The van der Waals surface area contributed by atoms with Gasteiger partial charge in [0.05, 0.1) is 5.52 Å². The Balaban J connectivity index is 1.62. The SMILES string of the molecule is O=S(=O)(Oc1cc(-c2ccccc2)c2c(ccc3c4ccc(-c5cccnc5)cc4[nH]c32)c1)C(F)(F)F. The van der Waals surface area contributed by atoms with Crippen LogP contribution in [0.4, 0.5) is 13.2 Å². The Kier molecular flexibility index (Phi) is 5.20. The molecule has 6 aromatic rings. The summed E-state index contributed by atoms with van der Waals surface area (Å²) in [7, 11) is -5.83. The second kappa shape index (κ2) is 8.35. The molecule has 37 heavy (non-hydrogen) atoms. The third-order valence-electron chi connectivity index (χ3n) is 6.23. The Morgan fingerprint density at radius 2 is 1.54 bits per heavy atom. The first-order valence-corrected chi connectivity index (χ1v) is 12.6. The first-order valence-electron chi connectivity index (χ1n) is 11.2. The average molecular weight is 519 g/mol. The molecule has 0 unspecified atom stereocenters. The number of rotatable bonds is 4. The molecule has 9 heteroatoms. The molecule has 0 spiro atoms. The third-order valence-corrected chi connectivity index (χ3v) is 7.21. The molecule has 6 rings (SSSR count). The van der Waals surface area contributed by atoms with Crippen LogP contribution in [0.15, 0.2) is 97.3 Å². The minimum absolute atomic E-state index is 0.419. The van der Waals surface area contributed by atoms with Gasteiger partial charge >= 0.3 is 15.6 Å². The van der Waals surface area contributed by atoms with Crippen molar-refractivity contribution >= 4 is 42.7 Å². The van der Waals surface area contributed by atoms with Crippen LogP contribution in [0.3, 0.4) is 0 Å². The molecule has 0 aliphatic carbocycles. The van der Waals surface area contributed by atoms with Crippen molar-refractivity contribution in [3.05, 3.63) is 97.3 Å². The summed E-state index contributed by atoms with van der Waals surface area (Å²) in [6.07, 6.45) is 3.49. The van der Waals surface area contributed by atoms with Crippen LogP contribution in [0.25, 0.3) is 54.8 Å². The van der Waals surface area contributed by atoms with E-state index in [0.29, 0.717) is 16.5 Å². The zero-order valence-electron chi connectivity index (χ0n) is 19.0. The first kappa shape index (κ1) is 23.1. The summed E-state index contributed by atoms with van der Waals surface area (Å²) in [6, 6.07) is 25.1. The van der Waals surface area contributed by atoms with Crippen molar-refractivity contribution in [2.24, 2.45) is 0 Å². The molecular weight excluding hydrogens is 501 g/mol. The third kappa shape index (κ3) is 3.97. The Hall–Kier alpha value is -4.37. The van der Waals surface area contributed by atoms with Crippen molar-refractivity contribution in [3.8, 4) is 28.0 Å². The van der Waals surface area contributed by atoms with Gasteiger partial charge in [-0.3, -0.25) is 4.98 Å². The van der Waals surface area contributed by atoms with Crippen LogP contribution in [-0.4, -0.2) is 23.9 Å². The van der Waals surface area contributed by atoms with E-state index in [4.69, 9.17) is 0 Å². The van der Waals surface area contributed by atoms with Gasteiger partial charge in [0.2, 0.25) is 0 Å². The van der Waals surface area contributed by atoms with Crippen LogP contribution < -0.4 is 4.18 Å². The highest BCUT2D eigenvalue weighted by atomic mass is 32.2. The number of alkyl halides is 3. The van der Waals surface area contributed by atoms with E-state index in [1.165, 1.54) is 12.1 Å². The molecule has 2 heterocycles. The molecule has 0 bridgehead atoms. The molecule has 0 saturated carbocycles. The van der Waals surface area contributed by atoms with Crippen molar-refractivity contribution < 1.29 is 25.8 Å². The smallest absolute Gasteiger partial charge is 0.376 e. The van der Waals surface area contributed by atoms with Gasteiger partial charge in [0, 0.05) is 39.6 Å². The van der Waals surface area contributed by atoms with Crippen LogP contribution in [-0.2, 0) is 10.1 Å². The van der Waals surface area contributed by atoms with Gasteiger partial charge in [-0.05, 0) is 46.3 Å². The van der Waals surface area contributed by atoms with Gasteiger partial charge in [0.1, 0.15) is 5.75 Å². The topological polar surface area (TPSA) is 72.1 Å². The number of aromatic nitrogens is 2. The van der Waals surface area contributed by atoms with Crippen LogP contribution >= 0.6 is 0 Å². The average Bonchev–Trinajstić information content (AvgIpc) is 3.26. The number of H-pyrrole nitrogens is 1. The summed E-state index contributed by atoms with van der Waals surface area (Å²) in [4.78, 5) is 7.66. The molecule has 184 valence electrons. The molecule has 0 amide bonds. The summed E-state index contributed by atoms with van der Waals surface area (Å²) in [5.41, 5.74) is -0.706. The highest BCUT2D eigenvalue weighted by molar-refractivity contribution is 7.88. The normalized spacial score (nSPS) is 12.4. The van der Waals surface area contributed by atoms with Gasteiger partial charge in [0.15, 0.2) is 0 Å². The second-order valence-electron chi connectivity index (χ2n) is 8.53. The predicted octanol–water partition coefficient (Wildman–Crippen LogP) is 7.43. The van der Waals surface area contributed by atoms with E-state index >= 15 is 0 Å². The maximum absolute atomic E-state index is 13.0. The van der Waals surface area contributed by atoms with Crippen LogP contribution in [0.1, 0.15) is 0 Å². The van der Waals surface area contributed by atoms with Crippen molar-refractivity contribution in [1.82, 2.24) is 9.97 Å². The maximum atomic E-state index is 13.0. The van der Waals surface area contributed by atoms with E-state index in [1.807, 2.05) is 42.5 Å². The number of hydrogen-bond acceptors (Lipinski definition) is 4. The van der Waals surface area contributed by atoms with E-state index in [0.717, 1.165) is 38.3 Å². The number of pyridine rings is 1. The lowest BCUT2D eigenvalue weighted by atomic mass is 9.95. The summed E-state index contributed by atoms with van der Waals surface area (Å²) in [5, 5.41) is 3.16. The fourth-order valence-corrected chi connectivity index (χ4v) is 5.03. The molecule has 0 atom stereocenters. The lowest BCUT2D eigenvalue weighted by molar-refractivity contribution is -0.0500. The molecule has 0 fully saturated rings. The fourth-order valence-electron chi connectivity index (χ4n) is 4.59. The number of hydrogen-bond donors (Lipinski definition) is 1. The van der Waals surface area contributed by atoms with Crippen LogP contribution in [0.2, 0.25) is 0 Å². The lowest BCUT2D eigenvalue weighted by Crippen LogP contribution is -2.28. The second-order valence-corrected chi connectivity index (χ2v) is 10.1. The quantitative estimate of drug-likeness (QED) is 0.195. The zero-order chi connectivity index (χ0) is 25.8. The van der Waals surface area contributed by atoms with E-state index in [9.17, 15) is 21.6 Å². The van der Waals surface area contributed by atoms with Gasteiger partial charge in [-0.2, -0.15) is 21.6 Å². The first-order chi connectivity index (χ1) is 17.7. The van der Waals surface area contributed by atoms with Gasteiger partial charge in [-0.1, -0.05) is 60.7 Å². The number of nitrogens with zero attached hydrogens (tertiary/aromatic N) is 1. The monoisotopic (exact) mass is 518 g/mol. The molecular formula is C28H17F3N2O3S. The molecule has 5 nitrogen and oxygen atoms in total. The number of aromatic amines is 1. The predicted molar refractivity (Wildman–Crippen MR) is 138 cm³/mol. The number of halogens is 3. The highest BCUT2D eigenvalue weighted by Gasteiger charge is 2.48. The van der Waals surface area contributed by atoms with Crippen LogP contribution in [0, 0.1) is 0 Å². The number of benzene rings is 4. The molecule has 0 aliphatic rings. The van der Waals surface area contributed by atoms with Crippen LogP contribution in [0.5, 0.6) is 5.75 Å². The van der Waals surface area contributed by atoms with E-state index in [2.05, 4.69) is 14.2 Å². The van der Waals surface area contributed by atoms with Crippen molar-refractivity contribution in [2.45, 2.75) is 5.51 Å². The van der Waals surface area contributed by atoms with Gasteiger partial charge < -0.3 is 9.17 Å². The molecule has 1 N–H and O–H groups in total. The summed E-state index contributed by atoms with van der Waals surface area (Å²) in [6.45, 7) is 0. The Bertz CT molecular complexity index is 1900. The fraction of sp³-hybridized carbons (Fsp3) is 0.0357. The van der Waals surface area contributed by atoms with E-state index in [-0.39, 0.29) is 0 Å². The van der Waals surface area contributed by atoms with E-state index < -0.39 is 21.4 Å². The Morgan fingerprint density at radius 1 is 0.784 bits per heavy atom. The minimum Gasteiger partial charge on any atom is -0.376 e. The minimum atomic E-state index is -5.83. The Morgan fingerprint density at radius 3 is 2.27 bits per heavy atom. The summed E-state index contributed by atoms with van der Waals surface area (Å²) >= 11 is 0. The van der Waals surface area contributed by atoms with Crippen molar-refractivity contribution in [3.63, 3.8) is 0 Å².